The first-order chi connectivity index (χ1) is 21.9. The lowest BCUT2D eigenvalue weighted by atomic mass is 10.0. The van der Waals surface area contributed by atoms with E-state index in [0.717, 1.165) is 21.3 Å². The Kier molecular flexibility index (Phi) is 8.27. The molecule has 12 heteroatoms. The van der Waals surface area contributed by atoms with Crippen molar-refractivity contribution in [2.24, 2.45) is 0 Å². The minimum Gasteiger partial charge on any atom is -0.497 e. The lowest BCUT2D eigenvalue weighted by Crippen LogP contribution is -2.45. The molecule has 2 heterocycles. The lowest BCUT2D eigenvalue weighted by molar-refractivity contribution is -0.127. The van der Waals surface area contributed by atoms with Crippen molar-refractivity contribution in [1.82, 2.24) is 30.5 Å². The van der Waals surface area contributed by atoms with Crippen LogP contribution < -0.4 is 15.0 Å². The number of rotatable bonds is 10. The van der Waals surface area contributed by atoms with Crippen molar-refractivity contribution < 1.29 is 23.1 Å². The average Bonchev–Trinajstić information content (AvgIpc) is 3.70. The summed E-state index contributed by atoms with van der Waals surface area (Å²) in [6.07, 6.45) is 1.68. The van der Waals surface area contributed by atoms with Gasteiger partial charge in [0, 0.05) is 34.9 Å². The van der Waals surface area contributed by atoms with Crippen LogP contribution in [0.2, 0.25) is 0 Å². The number of H-pyrrole nitrogens is 1. The third-order valence-electron chi connectivity index (χ3n) is 7.27. The normalized spacial score (nSPS) is 11.7. The number of hydrogen-bond donors (Lipinski definition) is 2. The van der Waals surface area contributed by atoms with E-state index in [1.165, 1.54) is 47.4 Å². The summed E-state index contributed by atoms with van der Waals surface area (Å²) in [6.45, 7) is -0.271. The Morgan fingerprint density at radius 1 is 0.956 bits per heavy atom. The van der Waals surface area contributed by atoms with Gasteiger partial charge < -0.3 is 15.0 Å². The fraction of sp³-hybridized carbons (Fsp3) is 0.121. The molecular weight excluding hydrogens is 580 g/mol. The Balaban J connectivity index is 1.38. The maximum absolute atomic E-state index is 14.4. The van der Waals surface area contributed by atoms with Gasteiger partial charge in [-0.05, 0) is 65.4 Å². The number of nitrogens with one attached hydrogen (secondary N) is 2. The molecular formula is C33H27F2N7O3. The third kappa shape index (κ3) is 6.25. The van der Waals surface area contributed by atoms with Gasteiger partial charge in [0.05, 0.1) is 12.7 Å². The summed E-state index contributed by atoms with van der Waals surface area (Å²) in [7, 11) is 1.57. The Bertz CT molecular complexity index is 1960. The predicted molar refractivity (Wildman–Crippen MR) is 163 cm³/mol. The maximum Gasteiger partial charge on any atom is 0.251 e. The number of anilines is 1. The smallest absolute Gasteiger partial charge is 0.251 e. The molecule has 1 atom stereocenters. The number of tetrazole rings is 1. The molecule has 0 aliphatic carbocycles. The minimum atomic E-state index is -1.19. The molecule has 0 spiro atoms. The summed E-state index contributed by atoms with van der Waals surface area (Å²) in [5, 5.41) is 15.8. The second kappa shape index (κ2) is 12.8. The molecule has 2 amide bonds. The van der Waals surface area contributed by atoms with Crippen LogP contribution in [0.3, 0.4) is 0 Å². The van der Waals surface area contributed by atoms with Crippen molar-refractivity contribution in [3.8, 4) is 17.1 Å². The monoisotopic (exact) mass is 607 g/mol. The highest BCUT2D eigenvalue weighted by atomic mass is 19.1. The van der Waals surface area contributed by atoms with Crippen molar-refractivity contribution in [1.29, 1.82) is 0 Å². The predicted octanol–water partition coefficient (Wildman–Crippen LogP) is 5.20. The summed E-state index contributed by atoms with van der Waals surface area (Å²) >= 11 is 0. The molecule has 0 aliphatic rings. The minimum absolute atomic E-state index is 0.000328. The summed E-state index contributed by atoms with van der Waals surface area (Å²) in [5.41, 5.74) is 2.49. The number of benzene rings is 4. The van der Waals surface area contributed by atoms with Gasteiger partial charge in [0.25, 0.3) is 5.91 Å². The van der Waals surface area contributed by atoms with E-state index in [0.29, 0.717) is 11.3 Å². The molecule has 2 N–H and O–H groups in total. The van der Waals surface area contributed by atoms with E-state index in [1.807, 2.05) is 36.4 Å². The number of ether oxygens (including phenoxy) is 1. The molecule has 0 saturated carbocycles. The number of fused-ring (bicyclic) bond motifs is 1. The van der Waals surface area contributed by atoms with Crippen molar-refractivity contribution in [3.63, 3.8) is 0 Å². The van der Waals surface area contributed by atoms with Crippen LogP contribution >= 0.6 is 0 Å². The molecule has 10 nitrogen and oxygen atoms in total. The largest absolute Gasteiger partial charge is 0.497 e. The van der Waals surface area contributed by atoms with Crippen LogP contribution in [0, 0.1) is 11.6 Å². The van der Waals surface area contributed by atoms with Gasteiger partial charge in [0.15, 0.2) is 0 Å². The van der Waals surface area contributed by atoms with Crippen LogP contribution in [0.4, 0.5) is 14.5 Å². The van der Waals surface area contributed by atoms with Crippen LogP contribution in [0.25, 0.3) is 22.3 Å². The Labute approximate surface area is 256 Å². The van der Waals surface area contributed by atoms with Gasteiger partial charge in [0.1, 0.15) is 30.0 Å². The molecule has 0 saturated heterocycles. The first kappa shape index (κ1) is 29.2. The van der Waals surface area contributed by atoms with Gasteiger partial charge in [-0.1, -0.05) is 42.5 Å². The molecule has 0 aliphatic heterocycles. The summed E-state index contributed by atoms with van der Waals surface area (Å²) in [6, 6.07) is 24.6. The maximum atomic E-state index is 14.4. The molecule has 6 aromatic rings. The van der Waals surface area contributed by atoms with Crippen LogP contribution in [0.5, 0.6) is 5.75 Å². The summed E-state index contributed by atoms with van der Waals surface area (Å²) < 4.78 is 33.6. The molecule has 0 unspecified atom stereocenters. The van der Waals surface area contributed by atoms with E-state index >= 15 is 0 Å². The van der Waals surface area contributed by atoms with Gasteiger partial charge in [-0.15, -0.1) is 10.2 Å². The van der Waals surface area contributed by atoms with Gasteiger partial charge in [-0.25, -0.2) is 8.78 Å². The third-order valence-corrected chi connectivity index (χ3v) is 7.27. The van der Waals surface area contributed by atoms with Crippen LogP contribution in [0.1, 0.15) is 17.2 Å². The fourth-order valence-corrected chi connectivity index (χ4v) is 5.04. The van der Waals surface area contributed by atoms with Gasteiger partial charge in [0.2, 0.25) is 11.7 Å². The molecule has 0 fully saturated rings. The topological polar surface area (TPSA) is 118 Å². The number of carbonyl (C=O) groups is 2. The van der Waals surface area contributed by atoms with Crippen LogP contribution in [-0.4, -0.2) is 44.1 Å². The number of para-hydroxylation sites is 1. The van der Waals surface area contributed by atoms with E-state index in [2.05, 4.69) is 25.7 Å². The Hall–Kier alpha value is -5.91. The second-order valence-corrected chi connectivity index (χ2v) is 10.1. The standard InChI is InChI=1S/C33H27F2N7O3/c1-45-24-16-10-21(11-17-24)18-37-33(44)31(27-19-36-29-9-5-3-6-25(27)29)42(23-14-12-22(34)13-15-23)30(43)20-41-39-32(38-40-41)26-7-2-4-8-28(26)35/h2-17,19,31,36H,18,20H2,1H3,(H,37,44)/t31-/m0/s1. The first-order valence-corrected chi connectivity index (χ1v) is 14.0. The van der Waals surface area contributed by atoms with Gasteiger partial charge in [-0.3, -0.25) is 14.5 Å². The van der Waals surface area contributed by atoms with E-state index in [4.69, 9.17) is 4.74 Å². The Morgan fingerprint density at radius 3 is 2.44 bits per heavy atom. The van der Waals surface area contributed by atoms with E-state index < -0.39 is 36.0 Å². The number of aromatic amines is 1. The van der Waals surface area contributed by atoms with Gasteiger partial charge in [-0.2, -0.15) is 4.80 Å². The zero-order valence-corrected chi connectivity index (χ0v) is 24.0. The quantitative estimate of drug-likeness (QED) is 0.221. The van der Waals surface area contributed by atoms with Crippen molar-refractivity contribution in [3.05, 3.63) is 126 Å². The number of carbonyl (C=O) groups excluding carboxylic acids is 2. The second-order valence-electron chi connectivity index (χ2n) is 10.1. The molecule has 226 valence electrons. The fourth-order valence-electron chi connectivity index (χ4n) is 5.04. The first-order valence-electron chi connectivity index (χ1n) is 14.0. The summed E-state index contributed by atoms with van der Waals surface area (Å²) in [4.78, 5) is 33.8. The highest BCUT2D eigenvalue weighted by Crippen LogP contribution is 2.33. The summed E-state index contributed by atoms with van der Waals surface area (Å²) in [5.74, 6) is -1.44. The van der Waals surface area contributed by atoms with Crippen molar-refractivity contribution >= 4 is 28.4 Å². The molecule has 2 aromatic heterocycles. The molecule has 45 heavy (non-hydrogen) atoms. The van der Waals surface area contributed by atoms with Gasteiger partial charge >= 0.3 is 0 Å². The zero-order valence-electron chi connectivity index (χ0n) is 24.0. The van der Waals surface area contributed by atoms with Crippen LogP contribution in [0.15, 0.2) is 103 Å². The highest BCUT2D eigenvalue weighted by Gasteiger charge is 2.35. The number of halogens is 2. The molecule has 4 aromatic carbocycles. The number of nitrogens with zero attached hydrogens (tertiary/aromatic N) is 5. The number of amides is 2. The van der Waals surface area contributed by atoms with E-state index in [1.54, 1.807) is 31.5 Å². The molecule has 0 bridgehead atoms. The van der Waals surface area contributed by atoms with E-state index in [-0.39, 0.29) is 23.6 Å². The van der Waals surface area contributed by atoms with Crippen LogP contribution in [-0.2, 0) is 22.7 Å². The lowest BCUT2D eigenvalue weighted by Gasteiger charge is -2.31. The number of methoxy groups -OCH3 is 1. The SMILES string of the molecule is COc1ccc(CNC(=O)[C@H](c2c[nH]c3ccccc23)N(C(=O)Cn2nnc(-c3ccccc3F)n2)c2ccc(F)cc2)cc1. The van der Waals surface area contributed by atoms with Crippen molar-refractivity contribution in [2.45, 2.75) is 19.1 Å². The molecule has 0 radical (unpaired) electrons. The molecule has 6 rings (SSSR count). The average molecular weight is 608 g/mol. The highest BCUT2D eigenvalue weighted by molar-refractivity contribution is 6.03. The number of aromatic nitrogens is 5. The van der Waals surface area contributed by atoms with Crippen molar-refractivity contribution in [2.75, 3.05) is 12.0 Å². The Morgan fingerprint density at radius 2 is 1.69 bits per heavy atom. The number of hydrogen-bond acceptors (Lipinski definition) is 6. The zero-order chi connectivity index (χ0) is 31.3. The van der Waals surface area contributed by atoms with E-state index in [9.17, 15) is 18.4 Å².